The van der Waals surface area contributed by atoms with E-state index in [1.165, 1.54) is 25.9 Å². The van der Waals surface area contributed by atoms with Crippen molar-refractivity contribution in [2.45, 2.75) is 36.4 Å². The Bertz CT molecular complexity index is 961. The Morgan fingerprint density at radius 2 is 2.15 bits per heavy atom. The number of carbonyl (C=O) groups excluding carboxylic acids is 1. The maximum absolute atomic E-state index is 12.4. The van der Waals surface area contributed by atoms with Crippen LogP contribution in [0.2, 0.25) is 0 Å². The van der Waals surface area contributed by atoms with Gasteiger partial charge in [0.1, 0.15) is 6.54 Å². The number of amides is 1. The Balaban J connectivity index is 2.37. The normalized spacial score (nSPS) is 11.7. The highest BCUT2D eigenvalue weighted by Crippen LogP contribution is 2.27. The van der Waals surface area contributed by atoms with Crippen molar-refractivity contribution in [3.8, 4) is 6.07 Å². The lowest BCUT2D eigenvalue weighted by molar-refractivity contribution is -0.118. The van der Waals surface area contributed by atoms with Gasteiger partial charge in [-0.3, -0.25) is 4.79 Å². The zero-order valence-corrected chi connectivity index (χ0v) is 17.2. The Morgan fingerprint density at radius 3 is 2.78 bits per heavy atom. The van der Waals surface area contributed by atoms with Gasteiger partial charge >= 0.3 is 0 Å². The van der Waals surface area contributed by atoms with Crippen LogP contribution >= 0.6 is 11.8 Å². The Kier molecular flexibility index (Phi) is 7.24. The highest BCUT2D eigenvalue weighted by atomic mass is 32.2. The zero-order chi connectivity index (χ0) is 20.0. The number of sulfonamides is 1. The predicted octanol–water partition coefficient (Wildman–Crippen LogP) is 1.82. The smallest absolute Gasteiger partial charge is 0.242 e. The number of hydrogen-bond donors (Lipinski definition) is 1. The topological polar surface area (TPSA) is 108 Å². The number of aryl methyl sites for hydroxylation is 1. The number of nitrogens with one attached hydrogen (secondary N) is 1. The van der Waals surface area contributed by atoms with Crippen LogP contribution < -0.4 is 5.32 Å². The summed E-state index contributed by atoms with van der Waals surface area (Å²) in [6, 6.07) is 6.76. The van der Waals surface area contributed by atoms with Crippen LogP contribution in [0.25, 0.3) is 11.0 Å². The fourth-order valence-corrected chi connectivity index (χ4v) is 4.21. The van der Waals surface area contributed by atoms with Crippen LogP contribution in [0.5, 0.6) is 0 Å². The molecule has 0 atom stereocenters. The van der Waals surface area contributed by atoms with Crippen LogP contribution in [0.1, 0.15) is 19.8 Å². The maximum Gasteiger partial charge on any atom is 0.242 e. The zero-order valence-electron chi connectivity index (χ0n) is 15.6. The molecule has 0 spiro atoms. The first-order valence-electron chi connectivity index (χ1n) is 8.50. The van der Waals surface area contributed by atoms with Gasteiger partial charge in [0, 0.05) is 20.6 Å². The first-order valence-corrected chi connectivity index (χ1v) is 10.9. The molecule has 0 aliphatic rings. The third-order valence-corrected chi connectivity index (χ3v) is 6.68. The van der Waals surface area contributed by atoms with Crippen molar-refractivity contribution in [2.24, 2.45) is 0 Å². The number of unbranched alkanes of at least 4 members (excludes halogenated alkanes) is 1. The van der Waals surface area contributed by atoms with Crippen LogP contribution in [-0.4, -0.2) is 54.6 Å². The second-order valence-electron chi connectivity index (χ2n) is 6.06. The maximum atomic E-state index is 12.4. The number of benzene rings is 1. The van der Waals surface area contributed by atoms with Gasteiger partial charge in [-0.2, -0.15) is 5.26 Å². The van der Waals surface area contributed by atoms with Crippen molar-refractivity contribution in [3.05, 3.63) is 18.2 Å². The minimum absolute atomic E-state index is 0.0304. The van der Waals surface area contributed by atoms with Gasteiger partial charge in [0.05, 0.1) is 27.8 Å². The van der Waals surface area contributed by atoms with Crippen LogP contribution in [0, 0.1) is 11.3 Å². The van der Waals surface area contributed by atoms with Crippen LogP contribution in [0.3, 0.4) is 0 Å². The minimum atomic E-state index is -3.54. The van der Waals surface area contributed by atoms with E-state index in [0.29, 0.717) is 10.7 Å². The standard InChI is InChI=1S/C17H23N5O3S2/c1-4-5-10-22-15-7-6-13(27(24,25)21(2)3)11-14(15)20-17(22)26-12-16(23)19-9-8-18/h6-7,11H,4-5,9-10,12H2,1-3H3,(H,19,23). The van der Waals surface area contributed by atoms with E-state index in [1.54, 1.807) is 18.2 Å². The van der Waals surface area contributed by atoms with Gasteiger partial charge in [0.15, 0.2) is 5.16 Å². The predicted molar refractivity (Wildman–Crippen MR) is 105 cm³/mol. The lowest BCUT2D eigenvalue weighted by Crippen LogP contribution is -2.25. The third-order valence-electron chi connectivity index (χ3n) is 3.90. The summed E-state index contributed by atoms with van der Waals surface area (Å²) >= 11 is 1.27. The molecular formula is C17H23N5O3S2. The minimum Gasteiger partial charge on any atom is -0.342 e. The Hall–Kier alpha value is -2.09. The van der Waals surface area contributed by atoms with E-state index in [4.69, 9.17) is 5.26 Å². The first kappa shape index (κ1) is 21.2. The first-order chi connectivity index (χ1) is 12.8. The number of nitriles is 1. The van der Waals surface area contributed by atoms with Crippen molar-refractivity contribution in [3.63, 3.8) is 0 Å². The highest BCUT2D eigenvalue weighted by Gasteiger charge is 2.20. The molecule has 0 aliphatic carbocycles. The Labute approximate surface area is 163 Å². The molecule has 2 aromatic rings. The van der Waals surface area contributed by atoms with E-state index in [9.17, 15) is 13.2 Å². The van der Waals surface area contributed by atoms with Crippen molar-refractivity contribution in [1.29, 1.82) is 5.26 Å². The summed E-state index contributed by atoms with van der Waals surface area (Å²) < 4.78 is 27.9. The number of imidazole rings is 1. The molecule has 1 amide bonds. The van der Waals surface area contributed by atoms with Gasteiger partial charge in [-0.05, 0) is 24.6 Å². The molecule has 0 radical (unpaired) electrons. The number of nitrogens with zero attached hydrogens (tertiary/aromatic N) is 4. The SMILES string of the molecule is CCCCn1c(SCC(=O)NCC#N)nc2cc(S(=O)(=O)N(C)C)ccc21. The fraction of sp³-hybridized carbons (Fsp3) is 0.471. The van der Waals surface area contributed by atoms with Crippen molar-refractivity contribution < 1.29 is 13.2 Å². The molecule has 0 aliphatic heterocycles. The van der Waals surface area contributed by atoms with Crippen molar-refractivity contribution >= 4 is 38.7 Å². The summed E-state index contributed by atoms with van der Waals surface area (Å²) in [6.45, 7) is 2.79. The fourth-order valence-electron chi connectivity index (χ4n) is 2.42. The molecule has 1 N–H and O–H groups in total. The van der Waals surface area contributed by atoms with E-state index in [2.05, 4.69) is 17.2 Å². The summed E-state index contributed by atoms with van der Waals surface area (Å²) in [6.07, 6.45) is 1.94. The third kappa shape index (κ3) is 5.00. The lowest BCUT2D eigenvalue weighted by Gasteiger charge is -2.11. The van der Waals surface area contributed by atoms with Gasteiger partial charge < -0.3 is 9.88 Å². The molecule has 0 fully saturated rings. The van der Waals surface area contributed by atoms with E-state index >= 15 is 0 Å². The summed E-state index contributed by atoms with van der Waals surface area (Å²) in [5.41, 5.74) is 1.41. The number of carbonyl (C=O) groups is 1. The van der Waals surface area contributed by atoms with Gasteiger partial charge in [0.2, 0.25) is 15.9 Å². The quantitative estimate of drug-likeness (QED) is 0.500. The summed E-state index contributed by atoms with van der Waals surface area (Å²) in [7, 11) is -0.569. The lowest BCUT2D eigenvalue weighted by atomic mass is 10.3. The average Bonchev–Trinajstić information content (AvgIpc) is 2.99. The molecule has 2 rings (SSSR count). The second kappa shape index (κ2) is 9.21. The average molecular weight is 410 g/mol. The molecule has 0 bridgehead atoms. The van der Waals surface area contributed by atoms with Gasteiger partial charge in [0.25, 0.3) is 0 Å². The van der Waals surface area contributed by atoms with Gasteiger partial charge in [-0.1, -0.05) is 25.1 Å². The molecule has 8 nitrogen and oxygen atoms in total. The number of thioether (sulfide) groups is 1. The number of hydrogen-bond acceptors (Lipinski definition) is 6. The molecule has 0 saturated heterocycles. The Morgan fingerprint density at radius 1 is 1.41 bits per heavy atom. The van der Waals surface area contributed by atoms with Crippen LogP contribution in [0.4, 0.5) is 0 Å². The molecule has 1 aromatic carbocycles. The molecule has 146 valence electrons. The molecular weight excluding hydrogens is 386 g/mol. The molecule has 0 saturated carbocycles. The summed E-state index contributed by atoms with van der Waals surface area (Å²) in [5.74, 6) is -0.105. The second-order valence-corrected chi connectivity index (χ2v) is 9.16. The number of aromatic nitrogens is 2. The monoisotopic (exact) mass is 409 g/mol. The summed E-state index contributed by atoms with van der Waals surface area (Å²) in [4.78, 5) is 16.5. The van der Waals surface area contributed by atoms with Crippen molar-refractivity contribution in [1.82, 2.24) is 19.2 Å². The summed E-state index contributed by atoms with van der Waals surface area (Å²) in [5, 5.41) is 11.7. The molecule has 10 heteroatoms. The highest BCUT2D eigenvalue weighted by molar-refractivity contribution is 7.99. The van der Waals surface area contributed by atoms with Crippen molar-refractivity contribution in [2.75, 3.05) is 26.4 Å². The van der Waals surface area contributed by atoms with Crippen LogP contribution in [-0.2, 0) is 21.4 Å². The molecule has 0 unspecified atom stereocenters. The van der Waals surface area contributed by atoms with Crippen LogP contribution in [0.15, 0.2) is 28.3 Å². The van der Waals surface area contributed by atoms with Gasteiger partial charge in [-0.15, -0.1) is 0 Å². The molecule has 1 heterocycles. The van der Waals surface area contributed by atoms with E-state index in [1.807, 2.05) is 10.6 Å². The molecule has 1 aromatic heterocycles. The van der Waals surface area contributed by atoms with Gasteiger partial charge in [-0.25, -0.2) is 17.7 Å². The molecule has 27 heavy (non-hydrogen) atoms. The largest absolute Gasteiger partial charge is 0.342 e. The number of rotatable bonds is 9. The van der Waals surface area contributed by atoms with E-state index < -0.39 is 10.0 Å². The van der Waals surface area contributed by atoms with E-state index in [0.717, 1.165) is 29.2 Å². The number of fused-ring (bicyclic) bond motifs is 1. The van der Waals surface area contributed by atoms with E-state index in [-0.39, 0.29) is 23.1 Å².